The Kier molecular flexibility index (Phi) is 6.15. The first kappa shape index (κ1) is 17.7. The Labute approximate surface area is 130 Å². The number of carboxylic acids is 1. The van der Waals surface area contributed by atoms with E-state index in [2.05, 4.69) is 10.3 Å². The average Bonchev–Trinajstić information content (AvgIpc) is 2.40. The van der Waals surface area contributed by atoms with Gasteiger partial charge in [-0.2, -0.15) is 0 Å². The van der Waals surface area contributed by atoms with Crippen LogP contribution in [0.4, 0.5) is 4.79 Å². The Morgan fingerprint density at radius 2 is 2.05 bits per heavy atom. The van der Waals surface area contributed by atoms with E-state index in [1.165, 1.54) is 4.90 Å². The van der Waals surface area contributed by atoms with E-state index in [0.717, 1.165) is 0 Å². The molecule has 7 heteroatoms. The molecule has 0 radical (unpaired) electrons. The number of amides is 2. The van der Waals surface area contributed by atoms with Crippen LogP contribution in [0.1, 0.15) is 32.9 Å². The average molecular weight is 309 g/mol. The van der Waals surface area contributed by atoms with Crippen molar-refractivity contribution < 1.29 is 19.4 Å². The van der Waals surface area contributed by atoms with Gasteiger partial charge in [-0.3, -0.25) is 4.79 Å². The lowest BCUT2D eigenvalue weighted by Gasteiger charge is -2.21. The minimum Gasteiger partial charge on any atom is -0.481 e. The Bertz CT molecular complexity index is 526. The fourth-order valence-corrected chi connectivity index (χ4v) is 1.59. The van der Waals surface area contributed by atoms with Gasteiger partial charge in [0.1, 0.15) is 5.60 Å². The molecule has 0 fully saturated rings. The van der Waals surface area contributed by atoms with Gasteiger partial charge in [-0.1, -0.05) is 6.07 Å². The largest absolute Gasteiger partial charge is 0.481 e. The molecule has 0 saturated heterocycles. The van der Waals surface area contributed by atoms with Gasteiger partial charge in [0.15, 0.2) is 0 Å². The molecule has 7 nitrogen and oxygen atoms in total. The molecule has 122 valence electrons. The zero-order valence-corrected chi connectivity index (χ0v) is 13.4. The fraction of sp³-hybridized carbons (Fsp3) is 0.533. The summed E-state index contributed by atoms with van der Waals surface area (Å²) in [4.78, 5) is 27.9. The predicted octanol–water partition coefficient (Wildman–Crippen LogP) is 1.87. The third kappa shape index (κ3) is 6.92. The number of carbonyl (C=O) groups is 2. The van der Waals surface area contributed by atoms with Crippen LogP contribution < -0.4 is 10.1 Å². The number of hydrogen-bond donors (Lipinski definition) is 2. The highest BCUT2D eigenvalue weighted by molar-refractivity contribution is 5.74. The van der Waals surface area contributed by atoms with Crippen LogP contribution in [0.15, 0.2) is 18.2 Å². The second-order valence-corrected chi connectivity index (χ2v) is 5.91. The molecule has 0 aliphatic carbocycles. The van der Waals surface area contributed by atoms with Crippen molar-refractivity contribution in [3.8, 4) is 5.88 Å². The van der Waals surface area contributed by atoms with Gasteiger partial charge in [-0.05, 0) is 26.8 Å². The van der Waals surface area contributed by atoms with Crippen molar-refractivity contribution in [2.45, 2.75) is 39.3 Å². The molecule has 0 aromatic carbocycles. The van der Waals surface area contributed by atoms with Crippen LogP contribution in [0, 0.1) is 0 Å². The van der Waals surface area contributed by atoms with Gasteiger partial charge < -0.3 is 20.1 Å². The first-order chi connectivity index (χ1) is 10.2. The number of aromatic nitrogens is 1. The van der Waals surface area contributed by atoms with Crippen molar-refractivity contribution in [1.82, 2.24) is 15.2 Å². The molecule has 22 heavy (non-hydrogen) atoms. The van der Waals surface area contributed by atoms with Crippen molar-refractivity contribution in [3.63, 3.8) is 0 Å². The Morgan fingerprint density at radius 3 is 2.64 bits per heavy atom. The van der Waals surface area contributed by atoms with Crippen LogP contribution >= 0.6 is 0 Å². The topological polar surface area (TPSA) is 91.8 Å². The maximum absolute atomic E-state index is 11.8. The highest BCUT2D eigenvalue weighted by Crippen LogP contribution is 2.15. The van der Waals surface area contributed by atoms with E-state index in [9.17, 15) is 9.59 Å². The Hall–Kier alpha value is -2.31. The smallest absolute Gasteiger partial charge is 0.317 e. The van der Waals surface area contributed by atoms with Gasteiger partial charge in [0.25, 0.3) is 0 Å². The molecular weight excluding hydrogens is 286 g/mol. The van der Waals surface area contributed by atoms with Gasteiger partial charge in [0.05, 0.1) is 18.7 Å². The Balaban J connectivity index is 2.52. The van der Waals surface area contributed by atoms with E-state index >= 15 is 0 Å². The molecule has 2 amide bonds. The maximum atomic E-state index is 11.8. The van der Waals surface area contributed by atoms with Crippen molar-refractivity contribution in [3.05, 3.63) is 23.9 Å². The molecule has 0 saturated carbocycles. The van der Waals surface area contributed by atoms with Crippen molar-refractivity contribution in [2.24, 2.45) is 0 Å². The molecule has 0 aliphatic rings. The number of ether oxygens (including phenoxy) is 1. The van der Waals surface area contributed by atoms with Crippen LogP contribution in [0.3, 0.4) is 0 Å². The molecule has 0 spiro atoms. The number of pyridine rings is 1. The summed E-state index contributed by atoms with van der Waals surface area (Å²) in [5, 5.41) is 11.3. The normalized spacial score (nSPS) is 10.9. The quantitative estimate of drug-likeness (QED) is 0.837. The monoisotopic (exact) mass is 309 g/mol. The summed E-state index contributed by atoms with van der Waals surface area (Å²) < 4.78 is 5.66. The summed E-state index contributed by atoms with van der Waals surface area (Å²) in [7, 11) is 1.55. The van der Waals surface area contributed by atoms with Crippen LogP contribution in [-0.4, -0.2) is 46.2 Å². The molecule has 1 aromatic heterocycles. The molecule has 0 unspecified atom stereocenters. The molecule has 1 heterocycles. The van der Waals surface area contributed by atoms with Crippen molar-refractivity contribution in [2.75, 3.05) is 13.6 Å². The molecular formula is C15H23N3O4. The number of nitrogens with one attached hydrogen (secondary N) is 1. The number of rotatable bonds is 6. The van der Waals surface area contributed by atoms with Gasteiger partial charge in [-0.15, -0.1) is 0 Å². The SMILES string of the molecule is CN(CCC(=O)O)C(=O)NCc1cccc(OC(C)(C)C)n1. The van der Waals surface area contributed by atoms with E-state index in [1.54, 1.807) is 19.2 Å². The zero-order chi connectivity index (χ0) is 16.8. The molecule has 0 atom stereocenters. The molecule has 1 aromatic rings. The number of aliphatic carboxylic acids is 1. The molecule has 0 bridgehead atoms. The molecule has 2 N–H and O–H groups in total. The third-order valence-corrected chi connectivity index (χ3v) is 2.62. The van der Waals surface area contributed by atoms with Crippen LogP contribution in [0.25, 0.3) is 0 Å². The lowest BCUT2D eigenvalue weighted by atomic mass is 10.2. The number of urea groups is 1. The molecule has 0 aliphatic heterocycles. The first-order valence-electron chi connectivity index (χ1n) is 7.03. The summed E-state index contributed by atoms with van der Waals surface area (Å²) in [6.45, 7) is 6.20. The Morgan fingerprint density at radius 1 is 1.36 bits per heavy atom. The van der Waals surface area contributed by atoms with Crippen LogP contribution in [-0.2, 0) is 11.3 Å². The second kappa shape index (κ2) is 7.63. The minimum atomic E-state index is -0.937. The number of carbonyl (C=O) groups excluding carboxylic acids is 1. The fourth-order valence-electron chi connectivity index (χ4n) is 1.59. The highest BCUT2D eigenvalue weighted by Gasteiger charge is 2.13. The summed E-state index contributed by atoms with van der Waals surface area (Å²) in [6.07, 6.45) is -0.0862. The predicted molar refractivity (Wildman–Crippen MR) is 81.7 cm³/mol. The molecule has 1 rings (SSSR count). The lowest BCUT2D eigenvalue weighted by Crippen LogP contribution is -2.38. The van der Waals surface area contributed by atoms with Gasteiger partial charge in [-0.25, -0.2) is 9.78 Å². The number of carboxylic acid groups (broad SMARTS) is 1. The first-order valence-corrected chi connectivity index (χ1v) is 7.03. The lowest BCUT2D eigenvalue weighted by molar-refractivity contribution is -0.137. The van der Waals surface area contributed by atoms with E-state index < -0.39 is 5.97 Å². The van der Waals surface area contributed by atoms with Crippen LogP contribution in [0.2, 0.25) is 0 Å². The minimum absolute atomic E-state index is 0.0862. The van der Waals surface area contributed by atoms with E-state index in [0.29, 0.717) is 11.6 Å². The van der Waals surface area contributed by atoms with Gasteiger partial charge in [0, 0.05) is 19.7 Å². The van der Waals surface area contributed by atoms with Crippen molar-refractivity contribution in [1.29, 1.82) is 0 Å². The number of hydrogen-bond acceptors (Lipinski definition) is 4. The highest BCUT2D eigenvalue weighted by atomic mass is 16.5. The second-order valence-electron chi connectivity index (χ2n) is 5.91. The standard InChI is InChI=1S/C15H23N3O4/c1-15(2,3)22-12-7-5-6-11(17-12)10-16-14(21)18(4)9-8-13(19)20/h5-7H,8-10H2,1-4H3,(H,16,21)(H,19,20). The summed E-state index contributed by atoms with van der Waals surface area (Å²) in [6, 6.07) is 5.01. The maximum Gasteiger partial charge on any atom is 0.317 e. The van der Waals surface area contributed by atoms with E-state index in [-0.39, 0.29) is 31.1 Å². The van der Waals surface area contributed by atoms with Crippen molar-refractivity contribution >= 4 is 12.0 Å². The summed E-state index contributed by atoms with van der Waals surface area (Å²) in [5.74, 6) is -0.438. The van der Waals surface area contributed by atoms with Crippen LogP contribution in [0.5, 0.6) is 5.88 Å². The van der Waals surface area contributed by atoms with Gasteiger partial charge >= 0.3 is 12.0 Å². The van der Waals surface area contributed by atoms with E-state index in [4.69, 9.17) is 9.84 Å². The number of nitrogens with zero attached hydrogens (tertiary/aromatic N) is 2. The summed E-state index contributed by atoms with van der Waals surface area (Å²) >= 11 is 0. The zero-order valence-electron chi connectivity index (χ0n) is 13.4. The van der Waals surface area contributed by atoms with E-state index in [1.807, 2.05) is 26.8 Å². The third-order valence-electron chi connectivity index (χ3n) is 2.62. The van der Waals surface area contributed by atoms with Gasteiger partial charge in [0.2, 0.25) is 5.88 Å². The summed E-state index contributed by atoms with van der Waals surface area (Å²) in [5.41, 5.74) is 0.327.